The third-order valence-corrected chi connectivity index (χ3v) is 6.36. The SMILES string of the molecule is Cc1ccc2[nH]c(-c3ccccc3)c(C3=CC(c4ccc([N+](=O)[O-])cc4)=Nc4ccccc4N3)c2c1. The summed E-state index contributed by atoms with van der Waals surface area (Å²) in [5.74, 6) is 0. The maximum atomic E-state index is 11.2. The second kappa shape index (κ2) is 8.67. The number of anilines is 1. The quantitative estimate of drug-likeness (QED) is 0.209. The van der Waals surface area contributed by atoms with E-state index >= 15 is 0 Å². The second-order valence-electron chi connectivity index (χ2n) is 8.79. The van der Waals surface area contributed by atoms with Crippen LogP contribution >= 0.6 is 0 Å². The third-order valence-electron chi connectivity index (χ3n) is 6.36. The van der Waals surface area contributed by atoms with E-state index in [1.165, 1.54) is 17.7 Å². The molecule has 5 aromatic rings. The largest absolute Gasteiger partial charge is 0.354 e. The van der Waals surface area contributed by atoms with Crippen LogP contribution in [0.2, 0.25) is 0 Å². The minimum atomic E-state index is -0.392. The van der Waals surface area contributed by atoms with Gasteiger partial charge in [0, 0.05) is 34.2 Å². The molecule has 1 aromatic heterocycles. The third kappa shape index (κ3) is 3.84. The Labute approximate surface area is 207 Å². The van der Waals surface area contributed by atoms with Crippen molar-refractivity contribution in [3.8, 4) is 11.3 Å². The zero-order chi connectivity index (χ0) is 24.6. The lowest BCUT2D eigenvalue weighted by atomic mass is 9.99. The molecular weight excluding hydrogens is 448 g/mol. The van der Waals surface area contributed by atoms with Gasteiger partial charge < -0.3 is 10.3 Å². The van der Waals surface area contributed by atoms with Crippen molar-refractivity contribution in [2.24, 2.45) is 4.99 Å². The van der Waals surface area contributed by atoms with Crippen molar-refractivity contribution >= 4 is 39.4 Å². The molecule has 2 heterocycles. The van der Waals surface area contributed by atoms with Crippen molar-refractivity contribution in [2.45, 2.75) is 6.92 Å². The molecule has 36 heavy (non-hydrogen) atoms. The Balaban J connectivity index is 1.60. The number of para-hydroxylation sites is 2. The van der Waals surface area contributed by atoms with E-state index in [9.17, 15) is 10.1 Å². The molecule has 4 aromatic carbocycles. The summed E-state index contributed by atoms with van der Waals surface area (Å²) in [4.78, 5) is 19.4. The van der Waals surface area contributed by atoms with Gasteiger partial charge in [0.05, 0.1) is 33.4 Å². The highest BCUT2D eigenvalue weighted by atomic mass is 16.6. The molecule has 0 saturated heterocycles. The number of aromatic nitrogens is 1. The summed E-state index contributed by atoms with van der Waals surface area (Å²) in [5, 5.41) is 15.9. The summed E-state index contributed by atoms with van der Waals surface area (Å²) in [7, 11) is 0. The molecule has 0 radical (unpaired) electrons. The van der Waals surface area contributed by atoms with Crippen LogP contribution < -0.4 is 5.32 Å². The molecule has 0 aliphatic carbocycles. The first kappa shape index (κ1) is 21.6. The number of rotatable bonds is 4. The molecule has 0 bridgehead atoms. The predicted molar refractivity (Wildman–Crippen MR) is 146 cm³/mol. The summed E-state index contributed by atoms with van der Waals surface area (Å²) < 4.78 is 0. The van der Waals surface area contributed by atoms with Crippen molar-refractivity contribution in [1.82, 2.24) is 4.98 Å². The summed E-state index contributed by atoms with van der Waals surface area (Å²) in [5.41, 5.74) is 9.51. The number of nitrogens with one attached hydrogen (secondary N) is 2. The summed E-state index contributed by atoms with van der Waals surface area (Å²) in [6.45, 7) is 2.09. The topological polar surface area (TPSA) is 83.3 Å². The lowest BCUT2D eigenvalue weighted by Gasteiger charge is -2.13. The van der Waals surface area contributed by atoms with Crippen molar-refractivity contribution in [3.05, 3.63) is 130 Å². The van der Waals surface area contributed by atoms with Gasteiger partial charge in [-0.15, -0.1) is 0 Å². The summed E-state index contributed by atoms with van der Waals surface area (Å²) >= 11 is 0. The predicted octanol–water partition coefficient (Wildman–Crippen LogP) is 7.64. The molecule has 0 spiro atoms. The van der Waals surface area contributed by atoms with Gasteiger partial charge in [-0.05, 0) is 55.0 Å². The van der Waals surface area contributed by atoms with E-state index in [0.717, 1.165) is 56.1 Å². The Morgan fingerprint density at radius 2 is 1.58 bits per heavy atom. The molecule has 1 aliphatic rings. The Hall–Kier alpha value is -4.97. The molecule has 0 fully saturated rings. The zero-order valence-electron chi connectivity index (χ0n) is 19.5. The van der Waals surface area contributed by atoms with E-state index in [1.807, 2.05) is 48.5 Å². The lowest BCUT2D eigenvalue weighted by Crippen LogP contribution is -2.03. The normalized spacial score (nSPS) is 12.8. The fraction of sp³-hybridized carbons (Fsp3) is 0.0333. The Kier molecular flexibility index (Phi) is 5.19. The standard InChI is InChI=1S/C30H22N4O2/c1-19-11-16-24-23(17-19)29(30(33-24)21-7-3-2-4-8-21)28-18-27(20-12-14-22(15-13-20)34(35)36)31-25-9-5-6-10-26(25)32-28/h2-18,32-33H,1H3. The lowest BCUT2D eigenvalue weighted by molar-refractivity contribution is -0.384. The van der Waals surface area contributed by atoms with Gasteiger partial charge in [0.25, 0.3) is 5.69 Å². The van der Waals surface area contributed by atoms with Crippen LogP contribution in [0.3, 0.4) is 0 Å². The fourth-order valence-electron chi connectivity index (χ4n) is 4.60. The van der Waals surface area contributed by atoms with Gasteiger partial charge in [0.15, 0.2) is 0 Å². The molecule has 2 N–H and O–H groups in total. The molecule has 0 saturated carbocycles. The molecule has 0 unspecified atom stereocenters. The van der Waals surface area contributed by atoms with Crippen molar-refractivity contribution in [1.29, 1.82) is 0 Å². The number of nitro benzene ring substituents is 1. The molecular formula is C30H22N4O2. The molecule has 6 rings (SSSR count). The number of nitro groups is 1. The fourth-order valence-corrected chi connectivity index (χ4v) is 4.60. The number of non-ortho nitro benzene ring substituents is 1. The van der Waals surface area contributed by atoms with Gasteiger partial charge in [-0.1, -0.05) is 54.1 Å². The molecule has 0 atom stereocenters. The number of H-pyrrole nitrogens is 1. The average molecular weight is 471 g/mol. The number of hydrogen-bond acceptors (Lipinski definition) is 4. The maximum absolute atomic E-state index is 11.2. The number of benzene rings is 4. The molecule has 6 nitrogen and oxygen atoms in total. The number of allylic oxidation sites excluding steroid dienone is 1. The van der Waals surface area contributed by atoms with Crippen molar-refractivity contribution < 1.29 is 4.92 Å². The van der Waals surface area contributed by atoms with Crippen LogP contribution in [0.1, 0.15) is 16.7 Å². The minimum absolute atomic E-state index is 0.0502. The number of aromatic amines is 1. The molecule has 6 heteroatoms. The Morgan fingerprint density at radius 3 is 2.36 bits per heavy atom. The van der Waals surface area contributed by atoms with Gasteiger partial charge in [-0.3, -0.25) is 10.1 Å². The van der Waals surface area contributed by atoms with Crippen LogP contribution in [0.15, 0.2) is 108 Å². The monoisotopic (exact) mass is 470 g/mol. The Morgan fingerprint density at radius 1 is 0.833 bits per heavy atom. The summed E-state index contributed by atoms with van der Waals surface area (Å²) in [6, 6.07) is 31.1. The number of aryl methyl sites for hydroxylation is 1. The minimum Gasteiger partial charge on any atom is -0.354 e. The highest BCUT2D eigenvalue weighted by Gasteiger charge is 2.21. The highest BCUT2D eigenvalue weighted by Crippen LogP contribution is 2.39. The van der Waals surface area contributed by atoms with Crippen molar-refractivity contribution in [3.63, 3.8) is 0 Å². The first-order valence-corrected chi connectivity index (χ1v) is 11.7. The first-order valence-electron chi connectivity index (χ1n) is 11.7. The molecule has 1 aliphatic heterocycles. The van der Waals surface area contributed by atoms with Gasteiger partial charge in [-0.25, -0.2) is 4.99 Å². The number of hydrogen-bond donors (Lipinski definition) is 2. The van der Waals surface area contributed by atoms with E-state index in [1.54, 1.807) is 12.1 Å². The summed E-state index contributed by atoms with van der Waals surface area (Å²) in [6.07, 6.45) is 2.03. The van der Waals surface area contributed by atoms with Gasteiger partial charge >= 0.3 is 0 Å². The van der Waals surface area contributed by atoms with Crippen LogP contribution in [-0.2, 0) is 0 Å². The van der Waals surface area contributed by atoms with Crippen LogP contribution in [0.5, 0.6) is 0 Å². The van der Waals surface area contributed by atoms with E-state index in [0.29, 0.717) is 0 Å². The van der Waals surface area contributed by atoms with Crippen molar-refractivity contribution in [2.75, 3.05) is 5.32 Å². The molecule has 0 amide bonds. The van der Waals surface area contributed by atoms with E-state index < -0.39 is 4.92 Å². The van der Waals surface area contributed by atoms with E-state index in [2.05, 4.69) is 47.6 Å². The van der Waals surface area contributed by atoms with Crippen LogP contribution in [0.25, 0.3) is 27.9 Å². The van der Waals surface area contributed by atoms with Gasteiger partial charge in [-0.2, -0.15) is 0 Å². The van der Waals surface area contributed by atoms with Crippen LogP contribution in [-0.4, -0.2) is 15.6 Å². The van der Waals surface area contributed by atoms with Gasteiger partial charge in [0.1, 0.15) is 0 Å². The smallest absolute Gasteiger partial charge is 0.269 e. The highest BCUT2D eigenvalue weighted by molar-refractivity contribution is 6.18. The zero-order valence-corrected chi connectivity index (χ0v) is 19.5. The number of nitrogens with zero attached hydrogens (tertiary/aromatic N) is 2. The number of fused-ring (bicyclic) bond motifs is 2. The van der Waals surface area contributed by atoms with Crippen LogP contribution in [0.4, 0.5) is 17.1 Å². The second-order valence-corrected chi connectivity index (χ2v) is 8.79. The van der Waals surface area contributed by atoms with Gasteiger partial charge in [0.2, 0.25) is 0 Å². The average Bonchev–Trinajstić information content (AvgIpc) is 3.16. The maximum Gasteiger partial charge on any atom is 0.269 e. The van der Waals surface area contributed by atoms with Crippen LogP contribution in [0, 0.1) is 17.0 Å². The first-order chi connectivity index (χ1) is 17.6. The van der Waals surface area contributed by atoms with E-state index in [-0.39, 0.29) is 5.69 Å². The van der Waals surface area contributed by atoms with E-state index in [4.69, 9.17) is 4.99 Å². The molecule has 174 valence electrons. The number of aliphatic imine (C=N–C) groups is 1. The Bertz CT molecular complexity index is 1680.